The monoisotopic (exact) mass is 917 g/mol. The van der Waals surface area contributed by atoms with E-state index in [1.54, 1.807) is 9.84 Å². The Kier molecular flexibility index (Phi) is 79.7. The highest BCUT2D eigenvalue weighted by molar-refractivity contribution is 8.92. The third kappa shape index (κ3) is 107. The molecule has 0 heterocycles. The maximum absolute atomic E-state index is 7.52. The first-order chi connectivity index (χ1) is 15.8. The van der Waals surface area contributed by atoms with Crippen LogP contribution in [0, 0.1) is 0 Å². The molecule has 28 heteroatoms. The SMILES string of the molecule is [2H]P.[2H]P(P(P)P)P(P)P.[2H]P(P)P.[2H]P(P)P(P)P.[2H]P(P)PP.[2H]P(PP)P(P)P.[2H]PP. The summed E-state index contributed by atoms with van der Waals surface area (Å²) in [6.45, 7) is -0.535. The number of hydrogen-bond donors (Lipinski definition) is 0. The maximum atomic E-state index is 7.52. The molecule has 0 rings (SSSR count). The molecule has 0 aromatic heterocycles. The van der Waals surface area contributed by atoms with Gasteiger partial charge in [0.25, 0.3) is 0 Å². The summed E-state index contributed by atoms with van der Waals surface area (Å²) in [5, 5.41) is 0. The van der Waals surface area contributed by atoms with Gasteiger partial charge in [0.05, 0.1) is 8.95 Å². The van der Waals surface area contributed by atoms with Crippen molar-refractivity contribution >= 4 is 236 Å². The number of hydrogen-bond acceptors (Lipinski definition) is 0. The molecule has 0 N–H and O–H groups in total. The molecular formula is H42P28. The second-order valence-electron chi connectivity index (χ2n) is 2.36. The van der Waals surface area contributed by atoms with Crippen LogP contribution in [0.1, 0.15) is 0 Å². The fourth-order valence-corrected chi connectivity index (χ4v) is 45.2. The zero-order valence-electron chi connectivity index (χ0n) is 21.8. The first kappa shape index (κ1) is 38.1. The van der Waals surface area contributed by atoms with Crippen LogP contribution in [0.15, 0.2) is 0 Å². The summed E-state index contributed by atoms with van der Waals surface area (Å²) < 4.78 is 47.2. The molecule has 0 radical (unpaired) electrons. The first-order valence-corrected chi connectivity index (χ1v) is 46.9. The summed E-state index contributed by atoms with van der Waals surface area (Å²) in [6, 6.07) is 0. The van der Waals surface area contributed by atoms with E-state index >= 15 is 0 Å². The first-order valence-electron chi connectivity index (χ1n) is 8.53. The largest absolute Gasteiger partial charge is 0.153 e. The molecule has 182 valence electrons. The van der Waals surface area contributed by atoms with Crippen LogP contribution in [0.5, 0.6) is 0 Å². The van der Waals surface area contributed by atoms with Crippen molar-refractivity contribution in [2.75, 3.05) is 0 Å². The van der Waals surface area contributed by atoms with Gasteiger partial charge in [0.2, 0.25) is 0 Å². The summed E-state index contributed by atoms with van der Waals surface area (Å²) in [5.41, 5.74) is 0. The van der Waals surface area contributed by atoms with Crippen LogP contribution in [0.25, 0.3) is 0 Å². The predicted molar refractivity (Wildman–Crippen MR) is 252 cm³/mol. The van der Waals surface area contributed by atoms with Crippen LogP contribution in [0.2, 0.25) is 0 Å². The van der Waals surface area contributed by atoms with Gasteiger partial charge in [-0.25, -0.2) is 0 Å². The Balaban J connectivity index is -0.0000000543. The van der Waals surface area contributed by atoms with E-state index < -0.39 is 39.5 Å². The predicted octanol–water partition coefficient (Wildman–Crippen LogP) is 12.9. The minimum atomic E-state index is -0.537. The fraction of sp³-hybridized carbons (Fsp3) is 0. The zero-order valence-corrected chi connectivity index (χ0v) is 44.3. The summed E-state index contributed by atoms with van der Waals surface area (Å²) in [7, 11) is 39.5. The molecule has 0 saturated heterocycles. The lowest BCUT2D eigenvalue weighted by Crippen LogP contribution is -1.14. The molecule has 0 nitrogen and oxygen atoms in total. The van der Waals surface area contributed by atoms with Crippen molar-refractivity contribution in [2.24, 2.45) is 0 Å². The van der Waals surface area contributed by atoms with Gasteiger partial charge in [0.15, 0.2) is 0 Å². The van der Waals surface area contributed by atoms with Crippen molar-refractivity contribution < 1.29 is 0 Å². The topological polar surface area (TPSA) is 0 Å². The van der Waals surface area contributed by atoms with Gasteiger partial charge in [-0.15, -0.1) is 143 Å². The highest BCUT2D eigenvalue weighted by Crippen LogP contribution is 2.87. The Morgan fingerprint density at radius 1 is 0.679 bits per heavy atom. The van der Waals surface area contributed by atoms with Gasteiger partial charge in [-0.1, -0.05) is 55.4 Å². The Morgan fingerprint density at radius 3 is 0.929 bits per heavy atom. The molecule has 0 fully saturated rings. The summed E-state index contributed by atoms with van der Waals surface area (Å²) >= 11 is 0. The minimum absolute atomic E-state index is 0.105. The van der Waals surface area contributed by atoms with E-state index in [1.807, 2.05) is 0 Å². The lowest BCUT2D eigenvalue weighted by Gasteiger charge is -2.06. The molecular weight excluding hydrogens is 867 g/mol. The second-order valence-corrected chi connectivity index (χ2v) is 63.8. The Hall–Kier alpha value is 12.0. The van der Waals surface area contributed by atoms with Gasteiger partial charge in [-0.05, 0) is 27.9 Å². The van der Waals surface area contributed by atoms with E-state index in [-0.39, 0.29) is 36.8 Å². The Bertz CT molecular complexity index is 289. The summed E-state index contributed by atoms with van der Waals surface area (Å²) in [6.07, 6.45) is 0. The molecule has 0 spiro atoms. The molecule has 0 saturated carbocycles. The van der Waals surface area contributed by atoms with Crippen LogP contribution in [-0.2, 0) is 0 Å². The van der Waals surface area contributed by atoms with E-state index in [0.29, 0.717) is 0 Å². The van der Waals surface area contributed by atoms with Gasteiger partial charge in [-0.2, -0.15) is 9.84 Å². The molecule has 22 atom stereocenters. The molecule has 28 heavy (non-hydrogen) atoms. The third-order valence-corrected chi connectivity index (χ3v) is 47.6. The smallest absolute Gasteiger partial charge is 0.0688 e. The molecule has 22 unspecified atom stereocenters. The van der Waals surface area contributed by atoms with Crippen LogP contribution in [-0.4, -0.2) is 8.95 Å². The molecule has 0 aromatic carbocycles. The van der Waals surface area contributed by atoms with E-state index in [1.165, 1.54) is 0 Å². The Morgan fingerprint density at radius 2 is 0.929 bits per heavy atom. The normalized spacial score (nSPS) is 16.9. The van der Waals surface area contributed by atoms with Crippen molar-refractivity contribution in [3.8, 4) is 0 Å². The van der Waals surface area contributed by atoms with E-state index in [4.69, 9.17) is 8.95 Å². The van der Waals surface area contributed by atoms with Gasteiger partial charge < -0.3 is 0 Å². The highest BCUT2D eigenvalue weighted by Gasteiger charge is 1.94. The van der Waals surface area contributed by atoms with Crippen LogP contribution >= 0.6 is 236 Å². The Labute approximate surface area is 243 Å². The van der Waals surface area contributed by atoms with Crippen LogP contribution < -0.4 is 0 Å². The molecule has 0 aliphatic carbocycles. The van der Waals surface area contributed by atoms with Crippen LogP contribution in [0.3, 0.4) is 0 Å². The zero-order chi connectivity index (χ0) is 30.3. The van der Waals surface area contributed by atoms with Gasteiger partial charge >= 0.3 is 0 Å². The van der Waals surface area contributed by atoms with Crippen molar-refractivity contribution in [3.05, 3.63) is 0 Å². The lowest BCUT2D eigenvalue weighted by molar-refractivity contribution is 4.92. The molecule has 0 aliphatic heterocycles. The average Bonchev–Trinajstić information content (AvgIpc) is 2.75. The van der Waals surface area contributed by atoms with E-state index in [9.17, 15) is 0 Å². The van der Waals surface area contributed by atoms with Gasteiger partial charge in [0.1, 0.15) is 0 Å². The van der Waals surface area contributed by atoms with E-state index in [2.05, 4.69) is 134 Å². The standard InChI is InChI=1S/H9P7.H8P6.H7P5.H6P4.H5P3.H4P2.H3P/c1-6(2)5-7(3)4;1-4-5-6(2)3;1-4-5(2)3;1-3-4-2;1-3-2;1-2;/h5H,1-4H2;4-5H,1-3H2;4H,1-3H2;3-4H,1-2H2;3H,1-2H2;1-2H2;1H3/i2*5D;4D;2*3D;2*1D. The highest BCUT2D eigenvalue weighted by atomic mass is 33.0. The third-order valence-electron chi connectivity index (χ3n) is 0.588. The average molecular weight is 917 g/mol. The molecule has 0 aromatic rings. The quantitative estimate of drug-likeness (QED) is 0.233. The molecule has 0 aliphatic rings. The number of rotatable bonds is 6. The van der Waals surface area contributed by atoms with Crippen LogP contribution in [0.4, 0.5) is 0 Å². The van der Waals surface area contributed by atoms with Crippen molar-refractivity contribution in [2.45, 2.75) is 0 Å². The second kappa shape index (κ2) is 58.6. The maximum Gasteiger partial charge on any atom is 0.0688 e. The summed E-state index contributed by atoms with van der Waals surface area (Å²) in [4.78, 5) is 0. The van der Waals surface area contributed by atoms with Gasteiger partial charge in [0, 0.05) is 0 Å². The molecule has 0 amide bonds. The fourth-order valence-electron chi connectivity index (χ4n) is 0.186. The van der Waals surface area contributed by atoms with E-state index in [0.717, 1.165) is 15.9 Å². The van der Waals surface area contributed by atoms with Crippen molar-refractivity contribution in [3.63, 3.8) is 0 Å². The van der Waals surface area contributed by atoms with Gasteiger partial charge in [-0.3, -0.25) is 0 Å². The minimum Gasteiger partial charge on any atom is -0.153 e. The van der Waals surface area contributed by atoms with Crippen molar-refractivity contribution in [1.82, 2.24) is 0 Å². The van der Waals surface area contributed by atoms with Crippen molar-refractivity contribution in [1.29, 1.82) is 8.95 Å². The lowest BCUT2D eigenvalue weighted by atomic mass is 29.0. The molecule has 0 bridgehead atoms. The summed E-state index contributed by atoms with van der Waals surface area (Å²) in [5.74, 6) is 0.